The minimum atomic E-state index is -1.79. The summed E-state index contributed by atoms with van der Waals surface area (Å²) < 4.78 is 8.60. The summed E-state index contributed by atoms with van der Waals surface area (Å²) in [6.45, 7) is 3.74. The van der Waals surface area contributed by atoms with Gasteiger partial charge in [0.2, 0.25) is 3.79 Å². The lowest BCUT2D eigenvalue weighted by Crippen LogP contribution is -2.46. The quantitative estimate of drug-likeness (QED) is 0.618. The lowest BCUT2D eigenvalue weighted by molar-refractivity contribution is 0.0253. The number of ether oxygens (including phenoxy) is 2. The summed E-state index contributed by atoms with van der Waals surface area (Å²) in [5.74, 6) is 0. The molecule has 118 valence electrons. The van der Waals surface area contributed by atoms with Crippen molar-refractivity contribution in [2.24, 2.45) is 0 Å². The van der Waals surface area contributed by atoms with Gasteiger partial charge in [-0.2, -0.15) is 0 Å². The van der Waals surface area contributed by atoms with E-state index in [9.17, 15) is 4.79 Å². The topological polar surface area (TPSA) is 47.6 Å². The van der Waals surface area contributed by atoms with Gasteiger partial charge in [0.1, 0.15) is 0 Å². The summed E-state index contributed by atoms with van der Waals surface area (Å²) in [5.41, 5.74) is 1.09. The maximum atomic E-state index is 11.6. The van der Waals surface area contributed by atoms with Crippen LogP contribution in [0.4, 0.5) is 4.79 Å². The lowest BCUT2D eigenvalue weighted by atomic mass is 10.2. The van der Waals surface area contributed by atoms with Crippen LogP contribution in [0, 0.1) is 0 Å². The summed E-state index contributed by atoms with van der Waals surface area (Å²) in [6, 6.07) is 9.72. The number of rotatable bonds is 6. The fraction of sp³-hybridized carbons (Fsp3) is 0.500. The molecule has 0 bridgehead atoms. The van der Waals surface area contributed by atoms with Crippen LogP contribution in [-0.4, -0.2) is 28.8 Å². The van der Waals surface area contributed by atoms with Crippen LogP contribution < -0.4 is 5.32 Å². The summed E-state index contributed by atoms with van der Waals surface area (Å²) in [5, 5.41) is 2.40. The molecule has 1 N–H and O–H groups in total. The van der Waals surface area contributed by atoms with E-state index in [1.165, 1.54) is 0 Å². The Bertz CT molecular complexity index is 435. The molecule has 0 spiro atoms. The van der Waals surface area contributed by atoms with Crippen molar-refractivity contribution in [3.05, 3.63) is 35.9 Å². The number of hydrogen-bond donors (Lipinski definition) is 1. The number of alkyl halides is 3. The molecule has 1 aromatic carbocycles. The van der Waals surface area contributed by atoms with Gasteiger partial charge < -0.3 is 9.47 Å². The molecular weight excluding hydrogens is 337 g/mol. The first kappa shape index (κ1) is 18.4. The Balaban J connectivity index is 2.49. The standard InChI is InChI=1S/C14H18Cl3NO3/c1-10(2)21-13(19)18-12(14(15,16)17)20-9-8-11-6-4-3-5-7-11/h3-7,10,12H,8-9H2,1-2H3,(H,18,19)/t12-/m0/s1. The van der Waals surface area contributed by atoms with Gasteiger partial charge in [0.05, 0.1) is 12.7 Å². The number of nitrogens with one attached hydrogen (secondary N) is 1. The highest BCUT2D eigenvalue weighted by Gasteiger charge is 2.35. The Morgan fingerprint density at radius 1 is 1.24 bits per heavy atom. The SMILES string of the molecule is CC(C)OC(=O)N[C@@H](OCCc1ccccc1)C(Cl)(Cl)Cl. The maximum Gasteiger partial charge on any atom is 0.409 e. The highest BCUT2D eigenvalue weighted by molar-refractivity contribution is 6.68. The van der Waals surface area contributed by atoms with E-state index >= 15 is 0 Å². The molecule has 1 rings (SSSR count). The molecule has 0 aliphatic rings. The summed E-state index contributed by atoms with van der Waals surface area (Å²) in [4.78, 5) is 11.6. The zero-order chi connectivity index (χ0) is 15.9. The monoisotopic (exact) mass is 353 g/mol. The van der Waals surface area contributed by atoms with E-state index in [1.54, 1.807) is 13.8 Å². The summed E-state index contributed by atoms with van der Waals surface area (Å²) in [7, 11) is 0. The molecule has 0 unspecified atom stereocenters. The highest BCUT2D eigenvalue weighted by atomic mass is 35.6. The van der Waals surface area contributed by atoms with Crippen LogP contribution in [0.25, 0.3) is 0 Å². The van der Waals surface area contributed by atoms with Crippen molar-refractivity contribution in [2.75, 3.05) is 6.61 Å². The van der Waals surface area contributed by atoms with Crippen molar-refractivity contribution in [3.8, 4) is 0 Å². The van der Waals surface area contributed by atoms with Crippen LogP contribution in [0.2, 0.25) is 0 Å². The van der Waals surface area contributed by atoms with Gasteiger partial charge in [-0.1, -0.05) is 65.1 Å². The molecule has 1 atom stereocenters. The first-order valence-electron chi connectivity index (χ1n) is 6.48. The smallest absolute Gasteiger partial charge is 0.409 e. The maximum absolute atomic E-state index is 11.6. The lowest BCUT2D eigenvalue weighted by Gasteiger charge is -2.25. The number of carbonyl (C=O) groups excluding carboxylic acids is 1. The number of amides is 1. The average Bonchev–Trinajstić information content (AvgIpc) is 2.36. The molecule has 4 nitrogen and oxygen atoms in total. The van der Waals surface area contributed by atoms with Gasteiger partial charge in [-0.15, -0.1) is 0 Å². The third kappa shape index (κ3) is 7.77. The average molecular weight is 355 g/mol. The number of hydrogen-bond acceptors (Lipinski definition) is 3. The van der Waals surface area contributed by atoms with Gasteiger partial charge in [-0.3, -0.25) is 5.32 Å². The second-order valence-corrected chi connectivity index (χ2v) is 7.00. The van der Waals surface area contributed by atoms with Crippen LogP contribution in [-0.2, 0) is 15.9 Å². The second-order valence-electron chi connectivity index (χ2n) is 4.63. The van der Waals surface area contributed by atoms with E-state index in [0.29, 0.717) is 13.0 Å². The number of halogens is 3. The van der Waals surface area contributed by atoms with Crippen LogP contribution in [0.1, 0.15) is 19.4 Å². The van der Waals surface area contributed by atoms with E-state index in [1.807, 2.05) is 30.3 Å². The van der Waals surface area contributed by atoms with E-state index in [4.69, 9.17) is 44.3 Å². The van der Waals surface area contributed by atoms with Crippen molar-refractivity contribution < 1.29 is 14.3 Å². The molecule has 0 aromatic heterocycles. The fourth-order valence-electron chi connectivity index (χ4n) is 1.51. The van der Waals surface area contributed by atoms with Crippen molar-refractivity contribution in [1.82, 2.24) is 5.32 Å². The molecule has 1 amide bonds. The van der Waals surface area contributed by atoms with Gasteiger partial charge in [0, 0.05) is 0 Å². The molecule has 0 aliphatic carbocycles. The number of benzene rings is 1. The molecule has 1 aromatic rings. The van der Waals surface area contributed by atoms with Crippen molar-refractivity contribution in [1.29, 1.82) is 0 Å². The second kappa shape index (κ2) is 8.69. The molecule has 0 fully saturated rings. The van der Waals surface area contributed by atoms with E-state index in [2.05, 4.69) is 5.32 Å². The Labute approximate surface area is 139 Å². The van der Waals surface area contributed by atoms with Crippen LogP contribution >= 0.6 is 34.8 Å². The van der Waals surface area contributed by atoms with Crippen LogP contribution in [0.5, 0.6) is 0 Å². The molecule has 0 saturated carbocycles. The number of alkyl carbamates (subject to hydrolysis) is 1. The number of carbonyl (C=O) groups is 1. The van der Waals surface area contributed by atoms with Crippen LogP contribution in [0.3, 0.4) is 0 Å². The molecule has 0 saturated heterocycles. The minimum Gasteiger partial charge on any atom is -0.447 e. The predicted molar refractivity (Wildman–Crippen MR) is 84.9 cm³/mol. The summed E-state index contributed by atoms with van der Waals surface area (Å²) >= 11 is 17.4. The van der Waals surface area contributed by atoms with Crippen molar-refractivity contribution in [2.45, 2.75) is 36.4 Å². The van der Waals surface area contributed by atoms with E-state index in [0.717, 1.165) is 5.56 Å². The highest BCUT2D eigenvalue weighted by Crippen LogP contribution is 2.31. The molecule has 21 heavy (non-hydrogen) atoms. The predicted octanol–water partition coefficient (Wildman–Crippen LogP) is 4.08. The third-order valence-electron chi connectivity index (χ3n) is 2.41. The van der Waals surface area contributed by atoms with Gasteiger partial charge in [0.25, 0.3) is 0 Å². The van der Waals surface area contributed by atoms with Gasteiger partial charge >= 0.3 is 6.09 Å². The largest absolute Gasteiger partial charge is 0.447 e. The third-order valence-corrected chi connectivity index (χ3v) is 3.00. The van der Waals surface area contributed by atoms with Gasteiger partial charge in [-0.05, 0) is 25.8 Å². The van der Waals surface area contributed by atoms with E-state index in [-0.39, 0.29) is 6.10 Å². The Morgan fingerprint density at radius 2 is 1.86 bits per heavy atom. The van der Waals surface area contributed by atoms with E-state index < -0.39 is 16.1 Å². The molecule has 0 heterocycles. The Morgan fingerprint density at radius 3 is 2.38 bits per heavy atom. The zero-order valence-corrected chi connectivity index (χ0v) is 14.1. The van der Waals surface area contributed by atoms with Gasteiger partial charge in [0.15, 0.2) is 6.23 Å². The Kier molecular flexibility index (Phi) is 7.60. The van der Waals surface area contributed by atoms with Crippen molar-refractivity contribution in [3.63, 3.8) is 0 Å². The molecular formula is C14H18Cl3NO3. The molecule has 0 radical (unpaired) electrons. The van der Waals surface area contributed by atoms with Crippen LogP contribution in [0.15, 0.2) is 30.3 Å². The summed E-state index contributed by atoms with van der Waals surface area (Å²) in [6.07, 6.45) is -1.41. The normalized spacial score (nSPS) is 13.0. The first-order chi connectivity index (χ1) is 9.79. The minimum absolute atomic E-state index is 0.273. The zero-order valence-electron chi connectivity index (χ0n) is 11.8. The van der Waals surface area contributed by atoms with Crippen molar-refractivity contribution >= 4 is 40.9 Å². The molecule has 0 aliphatic heterocycles. The Hall–Kier alpha value is -0.680. The van der Waals surface area contributed by atoms with Gasteiger partial charge in [-0.25, -0.2) is 4.79 Å². The molecule has 7 heteroatoms. The first-order valence-corrected chi connectivity index (χ1v) is 7.62. The fourth-order valence-corrected chi connectivity index (χ4v) is 1.87.